The highest BCUT2D eigenvalue weighted by molar-refractivity contribution is 5.59. The average molecular weight is 371 g/mol. The van der Waals surface area contributed by atoms with E-state index >= 15 is 0 Å². The van der Waals surface area contributed by atoms with Crippen molar-refractivity contribution in [1.82, 2.24) is 24.8 Å². The number of nitrogens with zero attached hydrogens (tertiary/aromatic N) is 5. The summed E-state index contributed by atoms with van der Waals surface area (Å²) in [6.07, 6.45) is 6.60. The smallest absolute Gasteiger partial charge is 0.235 e. The molecular weight excluding hydrogens is 350 g/mol. The van der Waals surface area contributed by atoms with Crippen molar-refractivity contribution in [2.24, 2.45) is 0 Å². The summed E-state index contributed by atoms with van der Waals surface area (Å²) < 4.78 is 7.93. The molecule has 0 bridgehead atoms. The Morgan fingerprint density at radius 3 is 2.57 bits per heavy atom. The third-order valence-electron chi connectivity index (χ3n) is 5.30. The first-order valence-corrected chi connectivity index (χ1v) is 9.73. The van der Waals surface area contributed by atoms with Gasteiger partial charge in [0.05, 0.1) is 5.69 Å². The fraction of sp³-hybridized carbons (Fsp3) is 0.273. The van der Waals surface area contributed by atoms with Crippen LogP contribution in [0.5, 0.6) is 5.88 Å². The Morgan fingerprint density at radius 2 is 1.79 bits per heavy atom. The summed E-state index contributed by atoms with van der Waals surface area (Å²) >= 11 is 0. The topological polar surface area (TPSA) is 65.2 Å². The zero-order valence-corrected chi connectivity index (χ0v) is 15.5. The molecule has 3 aromatic heterocycles. The largest absolute Gasteiger partial charge is 0.470 e. The first kappa shape index (κ1) is 16.9. The zero-order valence-electron chi connectivity index (χ0n) is 15.5. The minimum Gasteiger partial charge on any atom is -0.470 e. The van der Waals surface area contributed by atoms with Crippen LogP contribution >= 0.6 is 0 Å². The van der Waals surface area contributed by atoms with Gasteiger partial charge in [-0.05, 0) is 37.0 Å². The molecule has 140 valence electrons. The van der Waals surface area contributed by atoms with Gasteiger partial charge in [0.25, 0.3) is 0 Å². The van der Waals surface area contributed by atoms with E-state index in [1.807, 2.05) is 48.5 Å². The molecule has 1 saturated carbocycles. The van der Waals surface area contributed by atoms with E-state index in [2.05, 4.69) is 21.2 Å². The predicted molar refractivity (Wildman–Crippen MR) is 106 cm³/mol. The number of aromatic nitrogens is 5. The second-order valence-corrected chi connectivity index (χ2v) is 7.16. The molecule has 1 aliphatic rings. The van der Waals surface area contributed by atoms with Crippen LogP contribution in [0.4, 0.5) is 0 Å². The Bertz CT molecular complexity index is 1070. The Kier molecular flexibility index (Phi) is 4.45. The fourth-order valence-corrected chi connectivity index (χ4v) is 3.86. The standard InChI is InChI=1S/C22H21N5O/c1-2-10-17(11-3-1)21-25-24-20-14-19(16-8-4-5-9-16)22(26-27(20)21)28-15-18-12-6-7-13-23-18/h1-3,6-7,10-14,16H,4-5,8-9,15H2. The highest BCUT2D eigenvalue weighted by atomic mass is 16.5. The van der Waals surface area contributed by atoms with Crippen molar-refractivity contribution in [2.45, 2.75) is 38.2 Å². The lowest BCUT2D eigenvalue weighted by Crippen LogP contribution is -2.08. The number of hydrogen-bond acceptors (Lipinski definition) is 5. The summed E-state index contributed by atoms with van der Waals surface area (Å²) in [5.74, 6) is 1.84. The predicted octanol–water partition coefficient (Wildman–Crippen LogP) is 4.42. The van der Waals surface area contributed by atoms with Gasteiger partial charge in [-0.3, -0.25) is 4.98 Å². The van der Waals surface area contributed by atoms with E-state index in [0.717, 1.165) is 41.1 Å². The third-order valence-corrected chi connectivity index (χ3v) is 5.30. The van der Waals surface area contributed by atoms with E-state index in [1.165, 1.54) is 12.8 Å². The minimum atomic E-state index is 0.391. The van der Waals surface area contributed by atoms with Gasteiger partial charge in [-0.25, -0.2) is 0 Å². The second kappa shape index (κ2) is 7.38. The van der Waals surface area contributed by atoms with Crippen molar-refractivity contribution >= 4 is 5.65 Å². The van der Waals surface area contributed by atoms with Crippen LogP contribution in [-0.4, -0.2) is 24.8 Å². The van der Waals surface area contributed by atoms with Gasteiger partial charge in [-0.2, -0.15) is 4.52 Å². The maximum atomic E-state index is 6.15. The first-order valence-electron chi connectivity index (χ1n) is 9.73. The molecule has 3 heterocycles. The summed E-state index contributed by atoms with van der Waals surface area (Å²) in [4.78, 5) is 4.35. The SMILES string of the molecule is c1ccc(-c2nnc3cc(C4CCCC4)c(OCc4ccccn4)nn23)cc1. The summed E-state index contributed by atoms with van der Waals surface area (Å²) in [5, 5.41) is 13.6. The molecule has 0 amide bonds. The van der Waals surface area contributed by atoms with Gasteiger partial charge in [0.2, 0.25) is 5.88 Å². The summed E-state index contributed by atoms with van der Waals surface area (Å²) in [6.45, 7) is 0.391. The molecule has 6 nitrogen and oxygen atoms in total. The van der Waals surface area contributed by atoms with Crippen LogP contribution in [0.2, 0.25) is 0 Å². The van der Waals surface area contributed by atoms with Gasteiger partial charge in [-0.15, -0.1) is 15.3 Å². The minimum absolute atomic E-state index is 0.391. The van der Waals surface area contributed by atoms with Gasteiger partial charge in [0.1, 0.15) is 6.61 Å². The van der Waals surface area contributed by atoms with E-state index in [0.29, 0.717) is 18.4 Å². The summed E-state index contributed by atoms with van der Waals surface area (Å²) in [7, 11) is 0. The Morgan fingerprint density at radius 1 is 0.964 bits per heavy atom. The molecule has 0 aliphatic heterocycles. The molecule has 28 heavy (non-hydrogen) atoms. The molecular formula is C22H21N5O. The second-order valence-electron chi connectivity index (χ2n) is 7.16. The molecule has 4 aromatic rings. The lowest BCUT2D eigenvalue weighted by Gasteiger charge is -2.15. The molecule has 0 atom stereocenters. The number of pyridine rings is 1. The lowest BCUT2D eigenvalue weighted by atomic mass is 9.99. The van der Waals surface area contributed by atoms with Gasteiger partial charge in [0, 0.05) is 17.3 Å². The monoisotopic (exact) mass is 371 g/mol. The quantitative estimate of drug-likeness (QED) is 0.519. The van der Waals surface area contributed by atoms with Gasteiger partial charge < -0.3 is 4.74 Å². The van der Waals surface area contributed by atoms with Crippen LogP contribution < -0.4 is 4.74 Å². The van der Waals surface area contributed by atoms with Crippen molar-refractivity contribution in [2.75, 3.05) is 0 Å². The molecule has 0 unspecified atom stereocenters. The Labute approximate surface area is 163 Å². The normalized spacial score (nSPS) is 14.6. The summed E-state index contributed by atoms with van der Waals surface area (Å²) in [5.41, 5.74) is 3.75. The van der Waals surface area contributed by atoms with Gasteiger partial charge >= 0.3 is 0 Å². The fourth-order valence-electron chi connectivity index (χ4n) is 3.86. The zero-order chi connectivity index (χ0) is 18.8. The highest BCUT2D eigenvalue weighted by Crippen LogP contribution is 2.38. The molecule has 5 rings (SSSR count). The van der Waals surface area contributed by atoms with Crippen molar-refractivity contribution in [3.05, 3.63) is 72.1 Å². The summed E-state index contributed by atoms with van der Waals surface area (Å²) in [6, 6.07) is 17.9. The molecule has 0 spiro atoms. The number of rotatable bonds is 5. The molecule has 0 radical (unpaired) electrons. The van der Waals surface area contributed by atoms with Crippen molar-refractivity contribution < 1.29 is 4.74 Å². The number of benzene rings is 1. The lowest BCUT2D eigenvalue weighted by molar-refractivity contribution is 0.279. The van der Waals surface area contributed by atoms with E-state index in [4.69, 9.17) is 9.84 Å². The Balaban J connectivity index is 1.56. The van der Waals surface area contributed by atoms with Crippen molar-refractivity contribution in [3.8, 4) is 17.3 Å². The molecule has 0 N–H and O–H groups in total. The van der Waals surface area contributed by atoms with E-state index in [-0.39, 0.29) is 0 Å². The molecule has 1 aliphatic carbocycles. The highest BCUT2D eigenvalue weighted by Gasteiger charge is 2.24. The molecule has 0 saturated heterocycles. The maximum absolute atomic E-state index is 6.15. The maximum Gasteiger partial charge on any atom is 0.235 e. The van der Waals surface area contributed by atoms with Gasteiger partial charge in [0.15, 0.2) is 11.5 Å². The Hall–Kier alpha value is -3.28. The van der Waals surface area contributed by atoms with Crippen LogP contribution in [0.3, 0.4) is 0 Å². The van der Waals surface area contributed by atoms with Crippen LogP contribution in [0, 0.1) is 0 Å². The molecule has 6 heteroatoms. The number of ether oxygens (including phenoxy) is 1. The van der Waals surface area contributed by atoms with E-state index < -0.39 is 0 Å². The number of hydrogen-bond donors (Lipinski definition) is 0. The van der Waals surface area contributed by atoms with Crippen LogP contribution in [0.15, 0.2) is 60.8 Å². The van der Waals surface area contributed by atoms with E-state index in [9.17, 15) is 0 Å². The average Bonchev–Trinajstić information content (AvgIpc) is 3.43. The van der Waals surface area contributed by atoms with Gasteiger partial charge in [-0.1, -0.05) is 49.2 Å². The van der Waals surface area contributed by atoms with Crippen molar-refractivity contribution in [3.63, 3.8) is 0 Å². The van der Waals surface area contributed by atoms with Crippen molar-refractivity contribution in [1.29, 1.82) is 0 Å². The van der Waals surface area contributed by atoms with Crippen LogP contribution in [-0.2, 0) is 6.61 Å². The number of fused-ring (bicyclic) bond motifs is 1. The third kappa shape index (κ3) is 3.22. The van der Waals surface area contributed by atoms with Crippen LogP contribution in [0.25, 0.3) is 17.0 Å². The molecule has 1 aromatic carbocycles. The van der Waals surface area contributed by atoms with Crippen LogP contribution in [0.1, 0.15) is 42.9 Å². The first-order chi connectivity index (χ1) is 13.9. The molecule has 1 fully saturated rings. The van der Waals surface area contributed by atoms with E-state index in [1.54, 1.807) is 10.7 Å².